The molecule has 0 fully saturated rings. The van der Waals surface area contributed by atoms with E-state index in [2.05, 4.69) is 27.4 Å². The largest absolute Gasteiger partial charge is 0.493 e. The Morgan fingerprint density at radius 3 is 3.00 bits per heavy atom. The summed E-state index contributed by atoms with van der Waals surface area (Å²) in [4.78, 5) is 0. The Kier molecular flexibility index (Phi) is 4.48. The maximum absolute atomic E-state index is 5.78. The molecule has 2 aromatic heterocycles. The number of aromatic nitrogens is 5. The third-order valence-electron chi connectivity index (χ3n) is 3.35. The van der Waals surface area contributed by atoms with E-state index in [0.717, 1.165) is 42.0 Å². The lowest BCUT2D eigenvalue weighted by Gasteiger charge is -2.08. The van der Waals surface area contributed by atoms with Gasteiger partial charge in [0.2, 0.25) is 0 Å². The topological polar surface area (TPSA) is 68.6 Å². The monoisotopic (exact) mass is 297 g/mol. The summed E-state index contributed by atoms with van der Waals surface area (Å²) in [5.74, 6) is 0.853. The zero-order chi connectivity index (χ0) is 15.2. The highest BCUT2D eigenvalue weighted by molar-refractivity contribution is 5.66. The lowest BCUT2D eigenvalue weighted by molar-refractivity contribution is 0.318. The van der Waals surface area contributed by atoms with E-state index >= 15 is 0 Å². The molecule has 0 saturated carbocycles. The number of benzene rings is 1. The molecule has 2 heterocycles. The molecule has 0 aliphatic heterocycles. The molecular weight excluding hydrogens is 278 g/mol. The maximum Gasteiger partial charge on any atom is 0.128 e. The molecule has 0 aliphatic rings. The van der Waals surface area contributed by atoms with Gasteiger partial charge in [-0.2, -0.15) is 5.10 Å². The van der Waals surface area contributed by atoms with E-state index < -0.39 is 0 Å². The number of para-hydroxylation sites is 1. The minimum Gasteiger partial charge on any atom is -0.493 e. The highest BCUT2D eigenvalue weighted by atomic mass is 16.5. The van der Waals surface area contributed by atoms with Crippen LogP contribution in [0.15, 0.2) is 42.9 Å². The van der Waals surface area contributed by atoms with Gasteiger partial charge in [0, 0.05) is 18.3 Å². The fourth-order valence-corrected chi connectivity index (χ4v) is 2.21. The molecule has 1 N–H and O–H groups in total. The highest BCUT2D eigenvalue weighted by Gasteiger charge is 2.10. The second-order valence-corrected chi connectivity index (χ2v) is 5.07. The number of nitrogens with one attached hydrogen (secondary N) is 1. The van der Waals surface area contributed by atoms with Crippen molar-refractivity contribution in [3.05, 3.63) is 48.4 Å². The Morgan fingerprint density at radius 2 is 2.18 bits per heavy atom. The molecule has 22 heavy (non-hydrogen) atoms. The fourth-order valence-electron chi connectivity index (χ4n) is 2.21. The van der Waals surface area contributed by atoms with Crippen LogP contribution in [-0.2, 0) is 13.0 Å². The average Bonchev–Trinajstić information content (AvgIpc) is 3.22. The van der Waals surface area contributed by atoms with Gasteiger partial charge in [0.15, 0.2) is 0 Å². The number of aryl methyl sites for hydroxylation is 2. The smallest absolute Gasteiger partial charge is 0.128 e. The molecule has 0 atom stereocenters. The van der Waals surface area contributed by atoms with Gasteiger partial charge >= 0.3 is 0 Å². The van der Waals surface area contributed by atoms with Gasteiger partial charge in [-0.3, -0.25) is 9.78 Å². The molecular formula is C16H19N5O. The SMILES string of the molecule is CCCOc1ccccc1-c1cn(CCc2cn[nH]c2)nn1. The van der Waals surface area contributed by atoms with Crippen molar-refractivity contribution in [3.8, 4) is 17.0 Å². The lowest BCUT2D eigenvalue weighted by atomic mass is 10.1. The predicted molar refractivity (Wildman–Crippen MR) is 83.5 cm³/mol. The van der Waals surface area contributed by atoms with Gasteiger partial charge in [0.25, 0.3) is 0 Å². The molecule has 0 bridgehead atoms. The van der Waals surface area contributed by atoms with Crippen LogP contribution in [-0.4, -0.2) is 31.8 Å². The second-order valence-electron chi connectivity index (χ2n) is 5.07. The molecule has 6 nitrogen and oxygen atoms in total. The molecule has 0 aliphatic carbocycles. The number of H-pyrrole nitrogens is 1. The van der Waals surface area contributed by atoms with Crippen LogP contribution in [0.5, 0.6) is 5.75 Å². The van der Waals surface area contributed by atoms with Crippen LogP contribution in [0.1, 0.15) is 18.9 Å². The number of hydrogen-bond donors (Lipinski definition) is 1. The summed E-state index contributed by atoms with van der Waals surface area (Å²) >= 11 is 0. The van der Waals surface area contributed by atoms with Crippen molar-refractivity contribution in [2.45, 2.75) is 26.3 Å². The predicted octanol–water partition coefficient (Wildman–Crippen LogP) is 2.70. The van der Waals surface area contributed by atoms with Gasteiger partial charge in [0.1, 0.15) is 11.4 Å². The van der Waals surface area contributed by atoms with Crippen molar-refractivity contribution in [3.63, 3.8) is 0 Å². The van der Waals surface area contributed by atoms with E-state index in [1.807, 2.05) is 47.5 Å². The van der Waals surface area contributed by atoms with Crippen molar-refractivity contribution in [2.75, 3.05) is 6.61 Å². The van der Waals surface area contributed by atoms with Crippen LogP contribution in [0, 0.1) is 0 Å². The Morgan fingerprint density at radius 1 is 1.27 bits per heavy atom. The molecule has 3 rings (SSSR count). The molecule has 3 aromatic rings. The molecule has 0 amide bonds. The summed E-state index contributed by atoms with van der Waals surface area (Å²) in [5.41, 5.74) is 2.97. The van der Waals surface area contributed by atoms with Gasteiger partial charge in [-0.05, 0) is 30.5 Å². The fraction of sp³-hybridized carbons (Fsp3) is 0.312. The number of aromatic amines is 1. The Balaban J connectivity index is 1.73. The first-order chi connectivity index (χ1) is 10.9. The van der Waals surface area contributed by atoms with E-state index in [-0.39, 0.29) is 0 Å². The van der Waals surface area contributed by atoms with Crippen LogP contribution in [0.3, 0.4) is 0 Å². The molecule has 0 saturated heterocycles. The van der Waals surface area contributed by atoms with Gasteiger partial charge in [-0.15, -0.1) is 5.10 Å². The summed E-state index contributed by atoms with van der Waals surface area (Å²) in [6.07, 6.45) is 7.52. The second kappa shape index (κ2) is 6.89. The minimum atomic E-state index is 0.700. The standard InChI is InChI=1S/C16H19N5O/c1-2-9-22-16-6-4-3-5-14(16)15-12-21(20-19-15)8-7-13-10-17-18-11-13/h3-6,10-12H,2,7-9H2,1H3,(H,17,18). The van der Waals surface area contributed by atoms with Gasteiger partial charge in [-0.1, -0.05) is 24.3 Å². The summed E-state index contributed by atoms with van der Waals surface area (Å²) in [6.45, 7) is 3.56. The number of nitrogens with zero attached hydrogens (tertiary/aromatic N) is 4. The van der Waals surface area contributed by atoms with Crippen molar-refractivity contribution in [1.82, 2.24) is 25.2 Å². The zero-order valence-electron chi connectivity index (χ0n) is 12.6. The van der Waals surface area contributed by atoms with Crippen molar-refractivity contribution < 1.29 is 4.74 Å². The summed E-state index contributed by atoms with van der Waals surface area (Å²) < 4.78 is 7.63. The maximum atomic E-state index is 5.78. The number of hydrogen-bond acceptors (Lipinski definition) is 4. The van der Waals surface area contributed by atoms with Crippen LogP contribution < -0.4 is 4.74 Å². The summed E-state index contributed by atoms with van der Waals surface area (Å²) in [7, 11) is 0. The van der Waals surface area contributed by atoms with Gasteiger partial charge < -0.3 is 4.74 Å². The van der Waals surface area contributed by atoms with E-state index in [0.29, 0.717) is 6.61 Å². The van der Waals surface area contributed by atoms with Crippen LogP contribution in [0.4, 0.5) is 0 Å². The zero-order valence-corrected chi connectivity index (χ0v) is 12.6. The van der Waals surface area contributed by atoms with Crippen LogP contribution in [0.2, 0.25) is 0 Å². The molecule has 114 valence electrons. The van der Waals surface area contributed by atoms with Crippen molar-refractivity contribution in [2.24, 2.45) is 0 Å². The Hall–Kier alpha value is -2.63. The highest BCUT2D eigenvalue weighted by Crippen LogP contribution is 2.28. The first-order valence-electron chi connectivity index (χ1n) is 7.47. The third kappa shape index (κ3) is 3.33. The summed E-state index contributed by atoms with van der Waals surface area (Å²) in [5, 5.41) is 15.2. The molecule has 6 heteroatoms. The van der Waals surface area contributed by atoms with Crippen LogP contribution in [0.25, 0.3) is 11.3 Å². The van der Waals surface area contributed by atoms with Crippen molar-refractivity contribution >= 4 is 0 Å². The molecule has 0 radical (unpaired) electrons. The van der Waals surface area contributed by atoms with Gasteiger partial charge in [0.05, 0.1) is 19.0 Å². The van der Waals surface area contributed by atoms with E-state index in [9.17, 15) is 0 Å². The Labute approximate surface area is 129 Å². The molecule has 1 aromatic carbocycles. The lowest BCUT2D eigenvalue weighted by Crippen LogP contribution is -2.01. The van der Waals surface area contributed by atoms with E-state index in [4.69, 9.17) is 4.74 Å². The first-order valence-corrected chi connectivity index (χ1v) is 7.47. The minimum absolute atomic E-state index is 0.700. The normalized spacial score (nSPS) is 10.8. The Bertz CT molecular complexity index is 705. The first kappa shape index (κ1) is 14.3. The quantitative estimate of drug-likeness (QED) is 0.728. The molecule has 0 unspecified atom stereocenters. The van der Waals surface area contributed by atoms with E-state index in [1.165, 1.54) is 0 Å². The third-order valence-corrected chi connectivity index (χ3v) is 3.35. The van der Waals surface area contributed by atoms with E-state index in [1.54, 1.807) is 0 Å². The molecule has 0 spiro atoms. The van der Waals surface area contributed by atoms with Crippen LogP contribution >= 0.6 is 0 Å². The average molecular weight is 297 g/mol. The van der Waals surface area contributed by atoms with Gasteiger partial charge in [-0.25, -0.2) is 0 Å². The summed E-state index contributed by atoms with van der Waals surface area (Å²) in [6, 6.07) is 7.93. The van der Waals surface area contributed by atoms with Crippen molar-refractivity contribution in [1.29, 1.82) is 0 Å². The number of ether oxygens (including phenoxy) is 1. The number of rotatable bonds is 7.